The first kappa shape index (κ1) is 25.4. The van der Waals surface area contributed by atoms with Crippen LogP contribution >= 0.6 is 24.0 Å². The lowest BCUT2D eigenvalue weighted by atomic mass is 9.88. The Hall–Kier alpha value is -1.61. The first-order valence-corrected chi connectivity index (χ1v) is 11.9. The highest BCUT2D eigenvalue weighted by atomic mass is 127. The predicted molar refractivity (Wildman–Crippen MR) is 133 cm³/mol. The maximum atomic E-state index is 11.2. The number of benzene rings is 2. The third kappa shape index (κ3) is 10.1. The van der Waals surface area contributed by atoms with Gasteiger partial charge in [-0.2, -0.15) is 0 Å². The normalized spacial score (nSPS) is 11.8. The van der Waals surface area contributed by atoms with Crippen molar-refractivity contribution in [2.24, 2.45) is 4.99 Å². The predicted octanol–water partition coefficient (Wildman–Crippen LogP) is 3.82. The molecule has 0 unspecified atom stereocenters. The molecule has 0 aliphatic rings. The van der Waals surface area contributed by atoms with Crippen LogP contribution in [0.3, 0.4) is 0 Å². The molecule has 0 atom stereocenters. The highest BCUT2D eigenvalue weighted by Crippen LogP contribution is 2.27. The lowest BCUT2D eigenvalue weighted by molar-refractivity contribution is 0.599. The Morgan fingerprint density at radius 3 is 2.00 bits per heavy atom. The molecule has 0 aromatic heterocycles. The molecule has 2 rings (SSSR count). The molecule has 0 aliphatic carbocycles. The van der Waals surface area contributed by atoms with Gasteiger partial charge in [-0.1, -0.05) is 60.7 Å². The van der Waals surface area contributed by atoms with Crippen LogP contribution < -0.4 is 10.6 Å². The van der Waals surface area contributed by atoms with E-state index in [-0.39, 0.29) is 29.7 Å². The SMILES string of the molecule is CCNC(=NCCCS(C)(=O)=O)NCCC(c1ccccc1)c1ccccc1.I. The second-order valence-electron chi connectivity index (χ2n) is 6.83. The monoisotopic (exact) mass is 529 g/mol. The van der Waals surface area contributed by atoms with E-state index in [2.05, 4.69) is 64.2 Å². The van der Waals surface area contributed by atoms with Gasteiger partial charge in [0.25, 0.3) is 0 Å². The summed E-state index contributed by atoms with van der Waals surface area (Å²) in [5, 5.41) is 6.60. The van der Waals surface area contributed by atoms with Crippen LogP contribution in [0.5, 0.6) is 0 Å². The lowest BCUT2D eigenvalue weighted by Gasteiger charge is -2.19. The van der Waals surface area contributed by atoms with Gasteiger partial charge in [-0.25, -0.2) is 8.42 Å². The van der Waals surface area contributed by atoms with E-state index in [0.717, 1.165) is 25.5 Å². The topological polar surface area (TPSA) is 70.6 Å². The molecule has 0 heterocycles. The van der Waals surface area contributed by atoms with E-state index in [1.807, 2.05) is 19.1 Å². The standard InChI is InChI=1S/C22H31N3O2S.HI/c1-3-23-22(24-16-10-18-28(2,26)27)25-17-15-21(19-11-6-4-7-12-19)20-13-8-5-9-14-20;/h4-9,11-14,21H,3,10,15-18H2,1-2H3,(H2,23,24,25);1H. The fourth-order valence-electron chi connectivity index (χ4n) is 3.09. The van der Waals surface area contributed by atoms with E-state index in [9.17, 15) is 8.42 Å². The molecule has 0 saturated heterocycles. The molecule has 5 nitrogen and oxygen atoms in total. The second kappa shape index (κ2) is 13.6. The number of halogens is 1. The van der Waals surface area contributed by atoms with Crippen LogP contribution in [0.15, 0.2) is 65.7 Å². The highest BCUT2D eigenvalue weighted by Gasteiger charge is 2.13. The van der Waals surface area contributed by atoms with Crippen LogP contribution in [0, 0.1) is 0 Å². The number of nitrogens with zero attached hydrogens (tertiary/aromatic N) is 1. The van der Waals surface area contributed by atoms with Crippen LogP contribution in [0.25, 0.3) is 0 Å². The molecule has 0 bridgehead atoms. The van der Waals surface area contributed by atoms with Gasteiger partial charge in [0.15, 0.2) is 5.96 Å². The average molecular weight is 529 g/mol. The minimum atomic E-state index is -2.93. The third-order valence-electron chi connectivity index (χ3n) is 4.42. The average Bonchev–Trinajstić information content (AvgIpc) is 2.69. The Morgan fingerprint density at radius 2 is 1.52 bits per heavy atom. The van der Waals surface area contributed by atoms with Crippen molar-refractivity contribution in [2.45, 2.75) is 25.7 Å². The van der Waals surface area contributed by atoms with E-state index in [1.54, 1.807) is 0 Å². The summed E-state index contributed by atoms with van der Waals surface area (Å²) in [7, 11) is -2.93. The van der Waals surface area contributed by atoms with Gasteiger partial charge in [0.2, 0.25) is 0 Å². The number of sulfone groups is 1. The summed E-state index contributed by atoms with van der Waals surface area (Å²) >= 11 is 0. The zero-order chi connectivity index (χ0) is 20.2. The van der Waals surface area contributed by atoms with Gasteiger partial charge in [-0.3, -0.25) is 4.99 Å². The summed E-state index contributed by atoms with van der Waals surface area (Å²) in [5.74, 6) is 1.21. The smallest absolute Gasteiger partial charge is 0.191 e. The maximum absolute atomic E-state index is 11.2. The molecule has 7 heteroatoms. The van der Waals surface area contributed by atoms with Crippen molar-refractivity contribution < 1.29 is 8.42 Å². The van der Waals surface area contributed by atoms with Gasteiger partial charge in [-0.05, 0) is 30.9 Å². The number of nitrogens with one attached hydrogen (secondary N) is 2. The van der Waals surface area contributed by atoms with Gasteiger partial charge in [0, 0.05) is 31.8 Å². The Bertz CT molecular complexity index is 788. The fourth-order valence-corrected chi connectivity index (χ4v) is 3.74. The van der Waals surface area contributed by atoms with Crippen molar-refractivity contribution in [2.75, 3.05) is 31.6 Å². The summed E-state index contributed by atoms with van der Waals surface area (Å²) in [6.07, 6.45) is 2.72. The summed E-state index contributed by atoms with van der Waals surface area (Å²) in [6, 6.07) is 21.1. The molecule has 2 aromatic rings. The molecule has 0 amide bonds. The van der Waals surface area contributed by atoms with Gasteiger partial charge >= 0.3 is 0 Å². The summed E-state index contributed by atoms with van der Waals surface area (Å²) < 4.78 is 22.5. The van der Waals surface area contributed by atoms with Crippen molar-refractivity contribution in [1.29, 1.82) is 0 Å². The van der Waals surface area contributed by atoms with Crippen molar-refractivity contribution >= 4 is 39.8 Å². The first-order chi connectivity index (χ1) is 13.5. The molecule has 0 aliphatic heterocycles. The van der Waals surface area contributed by atoms with E-state index in [0.29, 0.717) is 18.9 Å². The Labute approximate surface area is 192 Å². The molecule has 0 spiro atoms. The third-order valence-corrected chi connectivity index (χ3v) is 5.45. The van der Waals surface area contributed by atoms with Crippen LogP contribution in [-0.4, -0.2) is 46.0 Å². The quantitative estimate of drug-likeness (QED) is 0.213. The number of hydrogen-bond acceptors (Lipinski definition) is 3. The number of rotatable bonds is 10. The zero-order valence-corrected chi connectivity index (χ0v) is 20.3. The second-order valence-corrected chi connectivity index (χ2v) is 9.09. The molecular formula is C22H32IN3O2S. The number of guanidine groups is 1. The van der Waals surface area contributed by atoms with Crippen molar-refractivity contribution in [3.63, 3.8) is 0 Å². The highest BCUT2D eigenvalue weighted by molar-refractivity contribution is 14.0. The Balaban J connectivity index is 0.00000420. The molecule has 29 heavy (non-hydrogen) atoms. The molecule has 2 aromatic carbocycles. The molecule has 2 N–H and O–H groups in total. The van der Waals surface area contributed by atoms with Gasteiger partial charge in [0.1, 0.15) is 9.84 Å². The fraction of sp³-hybridized carbons (Fsp3) is 0.409. The van der Waals surface area contributed by atoms with Crippen LogP contribution in [-0.2, 0) is 9.84 Å². The summed E-state index contributed by atoms with van der Waals surface area (Å²) in [6.45, 7) is 4.04. The Kier molecular flexibility index (Phi) is 11.9. The molecule has 160 valence electrons. The molecule has 0 radical (unpaired) electrons. The maximum Gasteiger partial charge on any atom is 0.191 e. The lowest BCUT2D eigenvalue weighted by Crippen LogP contribution is -2.38. The minimum absolute atomic E-state index is 0. The molecule has 0 saturated carbocycles. The van der Waals surface area contributed by atoms with Crippen molar-refractivity contribution in [3.8, 4) is 0 Å². The van der Waals surface area contributed by atoms with E-state index in [4.69, 9.17) is 0 Å². The van der Waals surface area contributed by atoms with E-state index in [1.165, 1.54) is 17.4 Å². The Morgan fingerprint density at radius 1 is 0.966 bits per heavy atom. The first-order valence-electron chi connectivity index (χ1n) is 9.79. The summed E-state index contributed by atoms with van der Waals surface area (Å²) in [5.41, 5.74) is 2.59. The van der Waals surface area contributed by atoms with Crippen LogP contribution in [0.1, 0.15) is 36.8 Å². The molecule has 0 fully saturated rings. The number of aliphatic imine (C=N–C) groups is 1. The van der Waals surface area contributed by atoms with E-state index < -0.39 is 9.84 Å². The number of hydrogen-bond donors (Lipinski definition) is 2. The summed E-state index contributed by atoms with van der Waals surface area (Å²) in [4.78, 5) is 4.49. The van der Waals surface area contributed by atoms with Crippen LogP contribution in [0.4, 0.5) is 0 Å². The molecular weight excluding hydrogens is 497 g/mol. The van der Waals surface area contributed by atoms with Gasteiger partial charge in [-0.15, -0.1) is 24.0 Å². The van der Waals surface area contributed by atoms with Crippen molar-refractivity contribution in [3.05, 3.63) is 71.8 Å². The van der Waals surface area contributed by atoms with Crippen LogP contribution in [0.2, 0.25) is 0 Å². The van der Waals surface area contributed by atoms with Crippen molar-refractivity contribution in [1.82, 2.24) is 10.6 Å². The van der Waals surface area contributed by atoms with Gasteiger partial charge in [0.05, 0.1) is 5.75 Å². The zero-order valence-electron chi connectivity index (χ0n) is 17.2. The largest absolute Gasteiger partial charge is 0.357 e. The van der Waals surface area contributed by atoms with Gasteiger partial charge < -0.3 is 10.6 Å². The van der Waals surface area contributed by atoms with E-state index >= 15 is 0 Å². The minimum Gasteiger partial charge on any atom is -0.357 e.